The molecule has 1 amide bonds. The maximum atomic E-state index is 12.0. The second-order valence-electron chi connectivity index (χ2n) is 5.68. The Hall–Kier alpha value is -2.12. The molecule has 0 aliphatic heterocycles. The first kappa shape index (κ1) is 19.2. The Bertz CT molecular complexity index is 767. The average molecular weight is 364 g/mol. The quantitative estimate of drug-likeness (QED) is 0.693. The fourth-order valence-electron chi connectivity index (χ4n) is 2.34. The molecule has 7 heteroatoms. The van der Waals surface area contributed by atoms with Crippen LogP contribution in [0.5, 0.6) is 5.75 Å². The first-order valence-electron chi connectivity index (χ1n) is 8.15. The molecule has 0 atom stereocenters. The Morgan fingerprint density at radius 2 is 2.08 bits per heavy atom. The minimum absolute atomic E-state index is 0.0105. The number of hydrogen-bond donors (Lipinski definition) is 1. The number of methoxy groups -OCH3 is 1. The standard InChI is InChI=1S/C18H24N2O4S/c1-13-14(2)25-18(22)20(13)8-7-17(21)19-12-15-5-4-6-16(11-15)24-10-9-23-3/h4-6,11H,7-10,12H2,1-3H3,(H,19,21). The van der Waals surface area contributed by atoms with Crippen molar-refractivity contribution in [3.63, 3.8) is 0 Å². The van der Waals surface area contributed by atoms with E-state index in [4.69, 9.17) is 9.47 Å². The van der Waals surface area contributed by atoms with Crippen LogP contribution in [0.15, 0.2) is 29.1 Å². The average Bonchev–Trinajstić information content (AvgIpc) is 2.84. The third kappa shape index (κ3) is 5.72. The molecule has 1 aromatic carbocycles. The van der Waals surface area contributed by atoms with Gasteiger partial charge >= 0.3 is 4.87 Å². The number of aryl methyl sites for hydroxylation is 1. The Morgan fingerprint density at radius 3 is 2.76 bits per heavy atom. The van der Waals surface area contributed by atoms with Gasteiger partial charge in [0.1, 0.15) is 12.4 Å². The lowest BCUT2D eigenvalue weighted by molar-refractivity contribution is -0.121. The van der Waals surface area contributed by atoms with Crippen molar-refractivity contribution in [2.24, 2.45) is 0 Å². The molecular formula is C18H24N2O4S. The van der Waals surface area contributed by atoms with Gasteiger partial charge in [0.2, 0.25) is 5.91 Å². The van der Waals surface area contributed by atoms with Crippen LogP contribution in [0.25, 0.3) is 0 Å². The van der Waals surface area contributed by atoms with E-state index >= 15 is 0 Å². The molecule has 2 rings (SSSR count). The monoisotopic (exact) mass is 364 g/mol. The highest BCUT2D eigenvalue weighted by Crippen LogP contribution is 2.13. The summed E-state index contributed by atoms with van der Waals surface area (Å²) in [6, 6.07) is 7.59. The summed E-state index contributed by atoms with van der Waals surface area (Å²) in [6.45, 7) is 5.67. The van der Waals surface area contributed by atoms with E-state index in [0.29, 0.717) is 26.3 Å². The number of nitrogens with one attached hydrogen (secondary N) is 1. The number of hydrogen-bond acceptors (Lipinski definition) is 5. The van der Waals surface area contributed by atoms with E-state index in [1.165, 1.54) is 11.3 Å². The fraction of sp³-hybridized carbons (Fsp3) is 0.444. The molecule has 1 aromatic heterocycles. The lowest BCUT2D eigenvalue weighted by Crippen LogP contribution is -2.26. The number of carbonyl (C=O) groups excluding carboxylic acids is 1. The smallest absolute Gasteiger partial charge is 0.307 e. The molecular weight excluding hydrogens is 340 g/mol. The minimum Gasteiger partial charge on any atom is -0.491 e. The molecule has 0 aliphatic rings. The Labute approximate surface area is 151 Å². The normalized spacial score (nSPS) is 10.7. The number of aromatic nitrogens is 1. The molecule has 1 heterocycles. The summed E-state index contributed by atoms with van der Waals surface area (Å²) < 4.78 is 12.2. The first-order valence-corrected chi connectivity index (χ1v) is 8.97. The molecule has 0 unspecified atom stereocenters. The maximum absolute atomic E-state index is 12.0. The van der Waals surface area contributed by atoms with Crippen LogP contribution in [-0.2, 0) is 22.6 Å². The van der Waals surface area contributed by atoms with Gasteiger partial charge in [-0.15, -0.1) is 0 Å². The van der Waals surface area contributed by atoms with Crippen LogP contribution in [0.1, 0.15) is 22.6 Å². The number of ether oxygens (including phenoxy) is 2. The largest absolute Gasteiger partial charge is 0.491 e. The van der Waals surface area contributed by atoms with Crippen LogP contribution in [0.2, 0.25) is 0 Å². The highest BCUT2D eigenvalue weighted by atomic mass is 32.1. The molecule has 0 bridgehead atoms. The molecule has 25 heavy (non-hydrogen) atoms. The number of amides is 1. The van der Waals surface area contributed by atoms with E-state index in [1.54, 1.807) is 11.7 Å². The number of rotatable bonds is 9. The zero-order chi connectivity index (χ0) is 18.2. The van der Waals surface area contributed by atoms with Crippen LogP contribution in [-0.4, -0.2) is 30.8 Å². The Kier molecular flexibility index (Phi) is 7.21. The Morgan fingerprint density at radius 1 is 1.28 bits per heavy atom. The molecule has 0 saturated heterocycles. The predicted octanol–water partition coefficient (Wildman–Crippen LogP) is 2.26. The SMILES string of the molecule is COCCOc1cccc(CNC(=O)CCn2c(C)c(C)sc2=O)c1. The van der Waals surface area contributed by atoms with E-state index in [0.717, 1.165) is 21.9 Å². The van der Waals surface area contributed by atoms with Crippen molar-refractivity contribution in [2.75, 3.05) is 20.3 Å². The van der Waals surface area contributed by atoms with Crippen LogP contribution in [0.4, 0.5) is 0 Å². The van der Waals surface area contributed by atoms with Crippen LogP contribution in [0, 0.1) is 13.8 Å². The Balaban J connectivity index is 1.81. The third-order valence-electron chi connectivity index (χ3n) is 3.88. The molecule has 6 nitrogen and oxygen atoms in total. The summed E-state index contributed by atoms with van der Waals surface area (Å²) in [4.78, 5) is 24.9. The summed E-state index contributed by atoms with van der Waals surface area (Å²) in [5.41, 5.74) is 1.90. The van der Waals surface area contributed by atoms with E-state index in [2.05, 4.69) is 5.32 Å². The van der Waals surface area contributed by atoms with E-state index in [1.807, 2.05) is 38.1 Å². The van der Waals surface area contributed by atoms with Crippen LogP contribution < -0.4 is 14.9 Å². The second kappa shape index (κ2) is 9.39. The van der Waals surface area contributed by atoms with Gasteiger partial charge in [-0.3, -0.25) is 9.59 Å². The minimum atomic E-state index is -0.0825. The molecule has 0 saturated carbocycles. The van der Waals surface area contributed by atoms with Gasteiger partial charge in [-0.2, -0.15) is 0 Å². The van der Waals surface area contributed by atoms with Gasteiger partial charge in [0.05, 0.1) is 6.61 Å². The van der Waals surface area contributed by atoms with Gasteiger partial charge in [-0.1, -0.05) is 23.5 Å². The predicted molar refractivity (Wildman–Crippen MR) is 98.3 cm³/mol. The number of nitrogens with zero attached hydrogens (tertiary/aromatic N) is 1. The van der Waals surface area contributed by atoms with Gasteiger partial charge in [0, 0.05) is 37.2 Å². The first-order chi connectivity index (χ1) is 12.0. The fourth-order valence-corrected chi connectivity index (χ4v) is 3.19. The lowest BCUT2D eigenvalue weighted by Gasteiger charge is -2.09. The van der Waals surface area contributed by atoms with Crippen LogP contribution >= 0.6 is 11.3 Å². The zero-order valence-electron chi connectivity index (χ0n) is 14.8. The molecule has 2 aromatic rings. The maximum Gasteiger partial charge on any atom is 0.307 e. The topological polar surface area (TPSA) is 69.6 Å². The number of thiazole rings is 1. The lowest BCUT2D eigenvalue weighted by atomic mass is 10.2. The second-order valence-corrected chi connectivity index (χ2v) is 6.84. The van der Waals surface area contributed by atoms with Crippen molar-refractivity contribution in [1.29, 1.82) is 0 Å². The van der Waals surface area contributed by atoms with Crippen molar-refractivity contribution in [3.8, 4) is 5.75 Å². The third-order valence-corrected chi connectivity index (χ3v) is 4.88. The van der Waals surface area contributed by atoms with Crippen molar-refractivity contribution in [2.45, 2.75) is 33.4 Å². The molecule has 0 spiro atoms. The molecule has 0 radical (unpaired) electrons. The van der Waals surface area contributed by atoms with E-state index in [9.17, 15) is 9.59 Å². The summed E-state index contributed by atoms with van der Waals surface area (Å²) in [5.74, 6) is 0.667. The van der Waals surface area contributed by atoms with E-state index in [-0.39, 0.29) is 17.2 Å². The van der Waals surface area contributed by atoms with Crippen molar-refractivity contribution in [1.82, 2.24) is 9.88 Å². The van der Waals surface area contributed by atoms with Gasteiger partial charge in [0.25, 0.3) is 0 Å². The zero-order valence-corrected chi connectivity index (χ0v) is 15.6. The van der Waals surface area contributed by atoms with Crippen molar-refractivity contribution in [3.05, 3.63) is 50.1 Å². The summed E-state index contributed by atoms with van der Waals surface area (Å²) in [6.07, 6.45) is 0.279. The highest BCUT2D eigenvalue weighted by molar-refractivity contribution is 7.09. The molecule has 0 fully saturated rings. The molecule has 0 aliphatic carbocycles. The number of carbonyl (C=O) groups is 1. The summed E-state index contributed by atoms with van der Waals surface area (Å²) in [5, 5.41) is 2.88. The van der Waals surface area contributed by atoms with Gasteiger partial charge < -0.3 is 19.4 Å². The van der Waals surface area contributed by atoms with E-state index < -0.39 is 0 Å². The van der Waals surface area contributed by atoms with Gasteiger partial charge in [-0.25, -0.2) is 0 Å². The summed E-state index contributed by atoms with van der Waals surface area (Å²) in [7, 11) is 1.63. The summed E-state index contributed by atoms with van der Waals surface area (Å²) >= 11 is 1.22. The highest BCUT2D eigenvalue weighted by Gasteiger charge is 2.09. The van der Waals surface area contributed by atoms with Crippen molar-refractivity contribution >= 4 is 17.2 Å². The van der Waals surface area contributed by atoms with Crippen molar-refractivity contribution < 1.29 is 14.3 Å². The number of benzene rings is 1. The van der Waals surface area contributed by atoms with Gasteiger partial charge in [0.15, 0.2) is 0 Å². The molecule has 136 valence electrons. The van der Waals surface area contributed by atoms with Gasteiger partial charge in [-0.05, 0) is 31.5 Å². The van der Waals surface area contributed by atoms with Crippen LogP contribution in [0.3, 0.4) is 0 Å². The molecule has 1 N–H and O–H groups in total.